The average Bonchev–Trinajstić information content (AvgIpc) is 2.45. The lowest BCUT2D eigenvalue weighted by molar-refractivity contribution is 0.0692. The maximum absolute atomic E-state index is 11.0. The number of rotatable bonds is 5. The van der Waals surface area contributed by atoms with E-state index in [4.69, 9.17) is 9.84 Å². The first-order chi connectivity index (χ1) is 9.68. The van der Waals surface area contributed by atoms with Crippen molar-refractivity contribution >= 4 is 12.0 Å². The van der Waals surface area contributed by atoms with Crippen molar-refractivity contribution in [2.45, 2.75) is 0 Å². The molecule has 0 saturated heterocycles. The minimum atomic E-state index is -1.14. The quantitative estimate of drug-likeness (QED) is 0.875. The molecule has 0 atom stereocenters. The summed E-state index contributed by atoms with van der Waals surface area (Å²) in [5.74, 6) is -1.33. The molecule has 0 spiro atoms. The Morgan fingerprint density at radius 3 is 2.55 bits per heavy atom. The zero-order valence-electron chi connectivity index (χ0n) is 10.7. The lowest BCUT2D eigenvalue weighted by Crippen LogP contribution is -2.03. The molecule has 4 heteroatoms. The predicted molar refractivity (Wildman–Crippen MR) is 76.0 cm³/mol. The first kappa shape index (κ1) is 13.7. The third-order valence-electron chi connectivity index (χ3n) is 2.66. The van der Waals surface area contributed by atoms with Crippen molar-refractivity contribution in [3.05, 3.63) is 65.7 Å². The number of carbonyl (C=O) groups is 1. The summed E-state index contributed by atoms with van der Waals surface area (Å²) in [4.78, 5) is 11.0. The van der Waals surface area contributed by atoms with Gasteiger partial charge in [-0.2, -0.15) is 0 Å². The number of carboxylic acid groups (broad SMARTS) is 1. The second kappa shape index (κ2) is 6.43. The number of aromatic hydroxyl groups is 1. The van der Waals surface area contributed by atoms with Gasteiger partial charge in [-0.15, -0.1) is 0 Å². The topological polar surface area (TPSA) is 66.8 Å². The molecule has 0 aliphatic heterocycles. The minimum Gasteiger partial charge on any atom is -0.504 e. The van der Waals surface area contributed by atoms with Crippen LogP contribution in [-0.2, 0) is 0 Å². The Hall–Kier alpha value is -2.75. The van der Waals surface area contributed by atoms with E-state index in [-0.39, 0.29) is 23.7 Å². The molecule has 2 aromatic rings. The predicted octanol–water partition coefficient (Wildman–Crippen LogP) is 3.18. The summed E-state index contributed by atoms with van der Waals surface area (Å²) in [6.07, 6.45) is 3.62. The van der Waals surface area contributed by atoms with Gasteiger partial charge in [0.25, 0.3) is 0 Å². The third-order valence-corrected chi connectivity index (χ3v) is 2.66. The van der Waals surface area contributed by atoms with E-state index < -0.39 is 5.97 Å². The van der Waals surface area contributed by atoms with Crippen LogP contribution in [-0.4, -0.2) is 22.8 Å². The summed E-state index contributed by atoms with van der Waals surface area (Å²) in [6, 6.07) is 13.9. The van der Waals surface area contributed by atoms with Crippen molar-refractivity contribution in [2.75, 3.05) is 6.61 Å². The number of para-hydroxylation sites is 1. The van der Waals surface area contributed by atoms with Crippen molar-refractivity contribution in [1.82, 2.24) is 0 Å². The number of phenolic OH excluding ortho intramolecular Hbond substituents is 1. The molecule has 2 N–H and O–H groups in total. The molecule has 0 radical (unpaired) electrons. The SMILES string of the molecule is O=C(O)c1cccc(O)c1OCC=Cc1ccccc1. The molecule has 20 heavy (non-hydrogen) atoms. The van der Waals surface area contributed by atoms with Gasteiger partial charge < -0.3 is 14.9 Å². The van der Waals surface area contributed by atoms with Gasteiger partial charge in [-0.1, -0.05) is 42.5 Å². The highest BCUT2D eigenvalue weighted by atomic mass is 16.5. The molecular weight excluding hydrogens is 256 g/mol. The normalized spacial score (nSPS) is 10.6. The molecule has 0 amide bonds. The van der Waals surface area contributed by atoms with Crippen LogP contribution in [0.25, 0.3) is 6.08 Å². The number of hydrogen-bond acceptors (Lipinski definition) is 3. The summed E-state index contributed by atoms with van der Waals surface area (Å²) in [6.45, 7) is 0.173. The van der Waals surface area contributed by atoms with E-state index in [1.165, 1.54) is 18.2 Å². The molecule has 2 aromatic carbocycles. The van der Waals surface area contributed by atoms with Crippen LogP contribution < -0.4 is 4.74 Å². The third kappa shape index (κ3) is 3.38. The molecule has 0 bridgehead atoms. The van der Waals surface area contributed by atoms with Crippen LogP contribution in [0.1, 0.15) is 15.9 Å². The lowest BCUT2D eigenvalue weighted by Gasteiger charge is -2.08. The van der Waals surface area contributed by atoms with E-state index in [0.29, 0.717) is 0 Å². The highest BCUT2D eigenvalue weighted by Crippen LogP contribution is 2.29. The molecule has 0 aliphatic carbocycles. The van der Waals surface area contributed by atoms with Crippen LogP contribution in [0, 0.1) is 0 Å². The fraction of sp³-hybridized carbons (Fsp3) is 0.0625. The van der Waals surface area contributed by atoms with Crippen LogP contribution in [0.4, 0.5) is 0 Å². The monoisotopic (exact) mass is 270 g/mol. The van der Waals surface area contributed by atoms with E-state index in [1.807, 2.05) is 36.4 Å². The largest absolute Gasteiger partial charge is 0.504 e. The summed E-state index contributed by atoms with van der Waals surface area (Å²) in [5.41, 5.74) is 0.963. The van der Waals surface area contributed by atoms with Gasteiger partial charge in [-0.3, -0.25) is 0 Å². The first-order valence-electron chi connectivity index (χ1n) is 6.08. The van der Waals surface area contributed by atoms with E-state index in [0.717, 1.165) is 5.56 Å². The van der Waals surface area contributed by atoms with Gasteiger partial charge in [0, 0.05) is 0 Å². The van der Waals surface area contributed by atoms with Crippen LogP contribution in [0.2, 0.25) is 0 Å². The Balaban J connectivity index is 2.05. The second-order valence-corrected chi connectivity index (χ2v) is 4.08. The molecule has 102 valence electrons. The molecule has 2 rings (SSSR count). The van der Waals surface area contributed by atoms with Crippen molar-refractivity contribution in [1.29, 1.82) is 0 Å². The van der Waals surface area contributed by atoms with E-state index in [1.54, 1.807) is 6.08 Å². The van der Waals surface area contributed by atoms with Crippen LogP contribution in [0.3, 0.4) is 0 Å². The smallest absolute Gasteiger partial charge is 0.339 e. The number of phenols is 1. The summed E-state index contributed by atoms with van der Waals surface area (Å²) >= 11 is 0. The van der Waals surface area contributed by atoms with Gasteiger partial charge in [-0.05, 0) is 23.8 Å². The van der Waals surface area contributed by atoms with E-state index >= 15 is 0 Å². The van der Waals surface area contributed by atoms with Crippen molar-refractivity contribution in [3.63, 3.8) is 0 Å². The lowest BCUT2D eigenvalue weighted by atomic mass is 10.2. The fourth-order valence-corrected chi connectivity index (χ4v) is 1.72. The summed E-state index contributed by atoms with van der Waals surface area (Å²) in [5, 5.41) is 18.7. The average molecular weight is 270 g/mol. The minimum absolute atomic E-state index is 0.0160. The highest BCUT2D eigenvalue weighted by Gasteiger charge is 2.14. The molecule has 0 aliphatic rings. The van der Waals surface area contributed by atoms with Gasteiger partial charge in [0.05, 0.1) is 0 Å². The Labute approximate surface area is 116 Å². The number of benzene rings is 2. The van der Waals surface area contributed by atoms with Crippen LogP contribution in [0.5, 0.6) is 11.5 Å². The zero-order valence-corrected chi connectivity index (χ0v) is 10.7. The van der Waals surface area contributed by atoms with Crippen LogP contribution >= 0.6 is 0 Å². The van der Waals surface area contributed by atoms with Gasteiger partial charge >= 0.3 is 5.97 Å². The van der Waals surface area contributed by atoms with Gasteiger partial charge in [0.2, 0.25) is 0 Å². The van der Waals surface area contributed by atoms with Crippen molar-refractivity contribution in [3.8, 4) is 11.5 Å². The highest BCUT2D eigenvalue weighted by molar-refractivity contribution is 5.91. The van der Waals surface area contributed by atoms with Crippen molar-refractivity contribution < 1.29 is 19.7 Å². The van der Waals surface area contributed by atoms with E-state index in [9.17, 15) is 9.90 Å². The summed E-state index contributed by atoms with van der Waals surface area (Å²) < 4.78 is 5.33. The molecule has 4 nitrogen and oxygen atoms in total. The Morgan fingerprint density at radius 2 is 1.85 bits per heavy atom. The Morgan fingerprint density at radius 1 is 1.10 bits per heavy atom. The standard InChI is InChI=1S/C16H14O4/c17-14-10-4-9-13(16(18)19)15(14)20-11-5-8-12-6-2-1-3-7-12/h1-10,17H,11H2,(H,18,19). The Bertz CT molecular complexity index is 618. The van der Waals surface area contributed by atoms with Crippen molar-refractivity contribution in [2.24, 2.45) is 0 Å². The number of aromatic carboxylic acids is 1. The zero-order chi connectivity index (χ0) is 14.4. The fourth-order valence-electron chi connectivity index (χ4n) is 1.72. The molecule has 0 saturated carbocycles. The summed E-state index contributed by atoms with van der Waals surface area (Å²) in [7, 11) is 0. The Kier molecular flexibility index (Phi) is 4.39. The van der Waals surface area contributed by atoms with Gasteiger partial charge in [-0.25, -0.2) is 4.79 Å². The molecule has 0 fully saturated rings. The van der Waals surface area contributed by atoms with Gasteiger partial charge in [0.1, 0.15) is 12.2 Å². The molecule has 0 unspecified atom stereocenters. The second-order valence-electron chi connectivity index (χ2n) is 4.08. The number of hydrogen-bond donors (Lipinski definition) is 2. The molecule has 0 heterocycles. The van der Waals surface area contributed by atoms with Crippen LogP contribution in [0.15, 0.2) is 54.6 Å². The maximum atomic E-state index is 11.0. The molecule has 0 aromatic heterocycles. The number of carboxylic acids is 1. The maximum Gasteiger partial charge on any atom is 0.339 e. The van der Waals surface area contributed by atoms with Gasteiger partial charge in [0.15, 0.2) is 11.5 Å². The first-order valence-corrected chi connectivity index (χ1v) is 6.08. The molecular formula is C16H14O4. The van der Waals surface area contributed by atoms with E-state index in [2.05, 4.69) is 0 Å². The number of ether oxygens (including phenoxy) is 1.